The summed E-state index contributed by atoms with van der Waals surface area (Å²) >= 11 is 0. The monoisotopic (exact) mass is 303 g/mol. The molecule has 1 aromatic rings. The molecule has 0 unspecified atom stereocenters. The molecule has 0 bridgehead atoms. The number of rotatable bonds is 3. The van der Waals surface area contributed by atoms with Gasteiger partial charge >= 0.3 is 0 Å². The van der Waals surface area contributed by atoms with E-state index in [1.165, 1.54) is 5.56 Å². The second-order valence-electron chi connectivity index (χ2n) is 6.40. The summed E-state index contributed by atoms with van der Waals surface area (Å²) in [7, 11) is 1.74. The van der Waals surface area contributed by atoms with Crippen LogP contribution in [0, 0.1) is 0 Å². The summed E-state index contributed by atoms with van der Waals surface area (Å²) in [6.07, 6.45) is 3.98. The van der Waals surface area contributed by atoms with E-state index in [0.717, 1.165) is 44.3 Å². The van der Waals surface area contributed by atoms with Crippen molar-refractivity contribution in [2.45, 2.75) is 44.3 Å². The zero-order valence-electron chi connectivity index (χ0n) is 13.5. The second-order valence-corrected chi connectivity index (χ2v) is 6.40. The van der Waals surface area contributed by atoms with E-state index < -0.39 is 0 Å². The van der Waals surface area contributed by atoms with E-state index in [2.05, 4.69) is 6.92 Å². The minimum Gasteiger partial charge on any atom is -0.379 e. The van der Waals surface area contributed by atoms with Gasteiger partial charge in [-0.2, -0.15) is 0 Å². The number of carbonyl (C=O) groups is 1. The molecule has 1 atom stereocenters. The molecule has 2 fully saturated rings. The smallest absolute Gasteiger partial charge is 0.253 e. The van der Waals surface area contributed by atoms with Crippen molar-refractivity contribution in [1.29, 1.82) is 0 Å². The van der Waals surface area contributed by atoms with Crippen molar-refractivity contribution in [1.82, 2.24) is 4.90 Å². The molecule has 1 aromatic carbocycles. The Hall–Kier alpha value is -1.39. The Balaban J connectivity index is 1.60. The number of carbonyl (C=O) groups excluding carboxylic acids is 1. The highest BCUT2D eigenvalue weighted by molar-refractivity contribution is 5.94. The van der Waals surface area contributed by atoms with Gasteiger partial charge in [-0.25, -0.2) is 0 Å². The predicted octanol–water partition coefficient (Wildman–Crippen LogP) is 2.66. The van der Waals surface area contributed by atoms with Crippen LogP contribution in [0.3, 0.4) is 0 Å². The Morgan fingerprint density at radius 3 is 2.55 bits per heavy atom. The Kier molecular flexibility index (Phi) is 4.50. The number of methoxy groups -OCH3 is 1. The quantitative estimate of drug-likeness (QED) is 0.862. The van der Waals surface area contributed by atoms with E-state index in [9.17, 15) is 4.79 Å². The standard InChI is InChI=1S/C18H25NO3/c1-3-14-4-6-15(7-5-14)17(20)19-10-8-18(9-11-19)12-16(21-2)13-22-18/h4-7,16H,3,8-13H2,1-2H3/t16-/m0/s1. The van der Waals surface area contributed by atoms with Gasteiger partial charge in [0.25, 0.3) is 5.91 Å². The van der Waals surface area contributed by atoms with Crippen molar-refractivity contribution in [3.05, 3.63) is 35.4 Å². The van der Waals surface area contributed by atoms with E-state index >= 15 is 0 Å². The summed E-state index contributed by atoms with van der Waals surface area (Å²) in [4.78, 5) is 14.5. The van der Waals surface area contributed by atoms with Crippen molar-refractivity contribution < 1.29 is 14.3 Å². The van der Waals surface area contributed by atoms with Gasteiger partial charge in [0.2, 0.25) is 0 Å². The lowest BCUT2D eigenvalue weighted by Gasteiger charge is -2.38. The third kappa shape index (κ3) is 3.03. The lowest BCUT2D eigenvalue weighted by Crippen LogP contribution is -2.46. The summed E-state index contributed by atoms with van der Waals surface area (Å²) in [6.45, 7) is 4.34. The van der Waals surface area contributed by atoms with Crippen molar-refractivity contribution >= 4 is 5.91 Å². The highest BCUT2D eigenvalue weighted by Gasteiger charge is 2.43. The van der Waals surface area contributed by atoms with Crippen LogP contribution in [0.25, 0.3) is 0 Å². The summed E-state index contributed by atoms with van der Waals surface area (Å²) in [5.41, 5.74) is 1.98. The molecule has 0 N–H and O–H groups in total. The number of amides is 1. The fraction of sp³-hybridized carbons (Fsp3) is 0.611. The summed E-state index contributed by atoms with van der Waals surface area (Å²) < 4.78 is 11.4. The van der Waals surface area contributed by atoms with Crippen LogP contribution in [0.15, 0.2) is 24.3 Å². The first-order valence-corrected chi connectivity index (χ1v) is 8.21. The number of likely N-dealkylation sites (tertiary alicyclic amines) is 1. The second kappa shape index (κ2) is 6.39. The molecule has 0 aromatic heterocycles. The van der Waals surface area contributed by atoms with E-state index in [0.29, 0.717) is 6.61 Å². The highest BCUT2D eigenvalue weighted by Crippen LogP contribution is 2.37. The number of nitrogens with zero attached hydrogens (tertiary/aromatic N) is 1. The van der Waals surface area contributed by atoms with Crippen molar-refractivity contribution in [2.75, 3.05) is 26.8 Å². The molecule has 0 aliphatic carbocycles. The Labute approximate surface area is 132 Å². The Morgan fingerprint density at radius 1 is 1.32 bits per heavy atom. The molecular formula is C18H25NO3. The molecule has 2 aliphatic heterocycles. The SMILES string of the molecule is CCc1ccc(C(=O)N2CCC3(CC2)C[C@H](OC)CO3)cc1. The average Bonchev–Trinajstić information content (AvgIpc) is 2.98. The lowest BCUT2D eigenvalue weighted by atomic mass is 9.87. The van der Waals surface area contributed by atoms with Gasteiger partial charge in [-0.15, -0.1) is 0 Å². The molecule has 1 amide bonds. The molecule has 2 aliphatic rings. The number of piperidine rings is 1. The number of benzene rings is 1. The van der Waals surface area contributed by atoms with Crippen molar-refractivity contribution in [2.24, 2.45) is 0 Å². The summed E-state index contributed by atoms with van der Waals surface area (Å²) in [6, 6.07) is 7.97. The summed E-state index contributed by atoms with van der Waals surface area (Å²) in [5, 5.41) is 0. The van der Waals surface area contributed by atoms with E-state index in [1.54, 1.807) is 7.11 Å². The lowest BCUT2D eigenvalue weighted by molar-refractivity contribution is -0.0402. The molecule has 2 saturated heterocycles. The van der Waals surface area contributed by atoms with Crippen molar-refractivity contribution in [3.63, 3.8) is 0 Å². The molecule has 4 heteroatoms. The van der Waals surface area contributed by atoms with Crippen LogP contribution in [-0.4, -0.2) is 49.3 Å². The largest absolute Gasteiger partial charge is 0.379 e. The fourth-order valence-electron chi connectivity index (χ4n) is 3.49. The molecule has 4 nitrogen and oxygen atoms in total. The zero-order chi connectivity index (χ0) is 15.6. The van der Waals surface area contributed by atoms with Gasteiger partial charge in [-0.05, 0) is 37.0 Å². The van der Waals surface area contributed by atoms with E-state index in [4.69, 9.17) is 9.47 Å². The van der Waals surface area contributed by atoms with Gasteiger partial charge in [0.1, 0.15) is 0 Å². The minimum absolute atomic E-state index is 0.0659. The molecular weight excluding hydrogens is 278 g/mol. The van der Waals surface area contributed by atoms with E-state index in [-0.39, 0.29) is 17.6 Å². The van der Waals surface area contributed by atoms with Crippen LogP contribution in [0.4, 0.5) is 0 Å². The highest BCUT2D eigenvalue weighted by atomic mass is 16.6. The third-order valence-corrected chi connectivity index (χ3v) is 5.08. The fourth-order valence-corrected chi connectivity index (χ4v) is 3.49. The first-order chi connectivity index (χ1) is 10.7. The molecule has 1 spiro atoms. The molecule has 22 heavy (non-hydrogen) atoms. The van der Waals surface area contributed by atoms with E-state index in [1.807, 2.05) is 29.2 Å². The van der Waals surface area contributed by atoms with Crippen molar-refractivity contribution in [3.8, 4) is 0 Å². The maximum atomic E-state index is 12.6. The minimum atomic E-state index is -0.0659. The Morgan fingerprint density at radius 2 is 2.00 bits per heavy atom. The number of hydrogen-bond acceptors (Lipinski definition) is 3. The van der Waals surface area contributed by atoms with Gasteiger partial charge in [0.15, 0.2) is 0 Å². The first kappa shape index (κ1) is 15.5. The average molecular weight is 303 g/mol. The van der Waals surface area contributed by atoms with Gasteiger partial charge in [0, 0.05) is 32.2 Å². The van der Waals surface area contributed by atoms with Gasteiger partial charge in [0.05, 0.1) is 18.3 Å². The van der Waals surface area contributed by atoms with Crippen LogP contribution in [0.1, 0.15) is 42.1 Å². The predicted molar refractivity (Wildman–Crippen MR) is 85.1 cm³/mol. The van der Waals surface area contributed by atoms with Crippen LogP contribution in [-0.2, 0) is 15.9 Å². The molecule has 3 rings (SSSR count). The number of ether oxygens (including phenoxy) is 2. The molecule has 0 saturated carbocycles. The van der Waals surface area contributed by atoms with Crippen LogP contribution in [0.2, 0.25) is 0 Å². The maximum Gasteiger partial charge on any atom is 0.253 e. The summed E-state index contributed by atoms with van der Waals surface area (Å²) in [5.74, 6) is 0.138. The third-order valence-electron chi connectivity index (χ3n) is 5.08. The number of hydrogen-bond donors (Lipinski definition) is 0. The van der Waals surface area contributed by atoms with Crippen LogP contribution < -0.4 is 0 Å². The maximum absolute atomic E-state index is 12.6. The topological polar surface area (TPSA) is 38.8 Å². The van der Waals surface area contributed by atoms with Crippen LogP contribution >= 0.6 is 0 Å². The molecule has 0 radical (unpaired) electrons. The molecule has 2 heterocycles. The Bertz CT molecular complexity index is 518. The van der Waals surface area contributed by atoms with Gasteiger partial charge in [-0.1, -0.05) is 19.1 Å². The molecule has 120 valence electrons. The number of aryl methyl sites for hydroxylation is 1. The first-order valence-electron chi connectivity index (χ1n) is 8.21. The van der Waals surface area contributed by atoms with Crippen LogP contribution in [0.5, 0.6) is 0 Å². The zero-order valence-corrected chi connectivity index (χ0v) is 13.5. The van der Waals surface area contributed by atoms with Gasteiger partial charge < -0.3 is 14.4 Å². The van der Waals surface area contributed by atoms with Gasteiger partial charge in [-0.3, -0.25) is 4.79 Å². The normalized spacial score (nSPS) is 23.9.